The van der Waals surface area contributed by atoms with Crippen LogP contribution in [0.5, 0.6) is 11.5 Å². The van der Waals surface area contributed by atoms with Gasteiger partial charge in [-0.3, -0.25) is 14.9 Å². The van der Waals surface area contributed by atoms with Crippen LogP contribution >= 0.6 is 0 Å². The first-order valence-electron chi connectivity index (χ1n) is 13.8. The highest BCUT2D eigenvalue weighted by atomic mass is 16.6. The maximum Gasteiger partial charge on any atom is 0.269 e. The predicted molar refractivity (Wildman–Crippen MR) is 155 cm³/mol. The van der Waals surface area contributed by atoms with Gasteiger partial charge >= 0.3 is 0 Å². The summed E-state index contributed by atoms with van der Waals surface area (Å²) in [5.74, 6) is 2.21. The van der Waals surface area contributed by atoms with Crippen molar-refractivity contribution in [3.8, 4) is 11.5 Å². The molecule has 0 saturated carbocycles. The number of hydrogen-bond donors (Lipinski definition) is 0. The first kappa shape index (κ1) is 28.8. The largest absolute Gasteiger partial charge is 0.493 e. The molecule has 8 heteroatoms. The van der Waals surface area contributed by atoms with Crippen molar-refractivity contribution >= 4 is 22.2 Å². The molecule has 0 N–H and O–H groups in total. The summed E-state index contributed by atoms with van der Waals surface area (Å²) < 4.78 is 16.3. The van der Waals surface area contributed by atoms with Crippen LogP contribution in [0.25, 0.3) is 10.8 Å². The molecular formula is C32H38N3O5+. The summed E-state index contributed by atoms with van der Waals surface area (Å²) in [6, 6.07) is 16.2. The summed E-state index contributed by atoms with van der Waals surface area (Å²) in [6.45, 7) is 10.4. The summed E-state index contributed by atoms with van der Waals surface area (Å²) in [7, 11) is 0. The molecular weight excluding hydrogens is 506 g/mol. The van der Waals surface area contributed by atoms with E-state index in [1.54, 1.807) is 12.1 Å². The van der Waals surface area contributed by atoms with Gasteiger partial charge in [0.15, 0.2) is 6.54 Å². The highest BCUT2D eigenvalue weighted by Crippen LogP contribution is 2.38. The monoisotopic (exact) mass is 544 g/mol. The van der Waals surface area contributed by atoms with Crippen molar-refractivity contribution in [2.75, 3.05) is 13.2 Å². The van der Waals surface area contributed by atoms with Gasteiger partial charge in [0.05, 0.1) is 23.7 Å². The second-order valence-electron chi connectivity index (χ2n) is 11.0. The lowest BCUT2D eigenvalue weighted by Gasteiger charge is -2.18. The summed E-state index contributed by atoms with van der Waals surface area (Å²) in [6.07, 6.45) is 7.40. The number of nitrogens with zero attached hydrogens (tertiary/aromatic N) is 3. The van der Waals surface area contributed by atoms with E-state index >= 15 is 0 Å². The van der Waals surface area contributed by atoms with Gasteiger partial charge in [-0.2, -0.15) is 0 Å². The number of nitro groups is 1. The van der Waals surface area contributed by atoms with Gasteiger partial charge in [-0.05, 0) is 48.4 Å². The van der Waals surface area contributed by atoms with Crippen molar-refractivity contribution in [1.29, 1.82) is 0 Å². The Bertz CT molecular complexity index is 1460. The molecule has 210 valence electrons. The van der Waals surface area contributed by atoms with Crippen LogP contribution in [0.1, 0.15) is 56.5 Å². The minimum absolute atomic E-state index is 0.0614. The zero-order valence-corrected chi connectivity index (χ0v) is 23.7. The molecule has 0 atom stereocenters. The molecule has 0 bridgehead atoms. The third-order valence-corrected chi connectivity index (χ3v) is 6.74. The molecule has 0 aliphatic rings. The van der Waals surface area contributed by atoms with Gasteiger partial charge in [0.2, 0.25) is 12.1 Å². The van der Waals surface area contributed by atoms with E-state index in [0.717, 1.165) is 29.2 Å². The van der Waals surface area contributed by atoms with E-state index in [1.807, 2.05) is 58.2 Å². The fourth-order valence-electron chi connectivity index (χ4n) is 4.41. The van der Waals surface area contributed by atoms with Crippen LogP contribution in [0.4, 0.5) is 5.69 Å². The number of hydrogen-bond acceptors (Lipinski definition) is 5. The average Bonchev–Trinajstić information content (AvgIpc) is 3.35. The van der Waals surface area contributed by atoms with Gasteiger partial charge in [0.1, 0.15) is 30.4 Å². The summed E-state index contributed by atoms with van der Waals surface area (Å²) in [5, 5.41) is 12.7. The van der Waals surface area contributed by atoms with Crippen molar-refractivity contribution in [3.63, 3.8) is 0 Å². The lowest BCUT2D eigenvalue weighted by atomic mass is 10.0. The summed E-state index contributed by atoms with van der Waals surface area (Å²) >= 11 is 0. The van der Waals surface area contributed by atoms with E-state index in [4.69, 9.17) is 9.47 Å². The van der Waals surface area contributed by atoms with Crippen LogP contribution in [0, 0.1) is 22.0 Å². The molecule has 0 aliphatic heterocycles. The highest BCUT2D eigenvalue weighted by Gasteiger charge is 2.22. The molecule has 4 rings (SSSR count). The predicted octanol–water partition coefficient (Wildman–Crippen LogP) is 6.62. The second kappa shape index (κ2) is 13.2. The van der Waals surface area contributed by atoms with Crippen molar-refractivity contribution in [2.45, 2.75) is 53.6 Å². The topological polar surface area (TPSA) is 87.5 Å². The van der Waals surface area contributed by atoms with Crippen molar-refractivity contribution < 1.29 is 23.8 Å². The smallest absolute Gasteiger partial charge is 0.269 e. The van der Waals surface area contributed by atoms with E-state index in [1.165, 1.54) is 12.1 Å². The molecule has 0 radical (unpaired) electrons. The highest BCUT2D eigenvalue weighted by molar-refractivity contribution is 6.07. The zero-order chi connectivity index (χ0) is 28.6. The molecule has 4 aromatic rings. The van der Waals surface area contributed by atoms with Gasteiger partial charge in [0.25, 0.3) is 5.69 Å². The number of aromatic nitrogens is 2. The maximum absolute atomic E-state index is 13.7. The minimum atomic E-state index is -0.409. The first-order valence-corrected chi connectivity index (χ1v) is 13.8. The normalized spacial score (nSPS) is 11.3. The van der Waals surface area contributed by atoms with E-state index in [2.05, 4.69) is 27.7 Å². The maximum atomic E-state index is 13.7. The number of rotatable bonds is 14. The molecule has 1 heterocycles. The van der Waals surface area contributed by atoms with Crippen LogP contribution < -0.4 is 14.0 Å². The molecule has 0 unspecified atom stereocenters. The molecule has 1 aromatic heterocycles. The van der Waals surface area contributed by atoms with E-state index in [9.17, 15) is 14.9 Å². The molecule has 0 amide bonds. The number of ether oxygens (including phenoxy) is 2. The number of Topliss-reactive ketones (excluding diaryl/α,β-unsaturated/α-hetero) is 1. The Balaban J connectivity index is 1.59. The summed E-state index contributed by atoms with van der Waals surface area (Å²) in [5.41, 5.74) is 1.50. The number of carbonyl (C=O) groups excluding carboxylic acids is 1. The SMILES string of the molecule is CC(C)CCOc1cc(C(=O)Cn2cc[n+](Cc3ccc([N+](=O)[O-])cc3)c2)c(OCCC(C)C)c2ccccc12. The average molecular weight is 545 g/mol. The van der Waals surface area contributed by atoms with Crippen molar-refractivity contribution in [3.05, 3.63) is 94.6 Å². The lowest BCUT2D eigenvalue weighted by Crippen LogP contribution is -2.31. The third-order valence-electron chi connectivity index (χ3n) is 6.74. The number of carbonyl (C=O) groups is 1. The Morgan fingerprint density at radius 1 is 0.950 bits per heavy atom. The van der Waals surface area contributed by atoms with Gasteiger partial charge in [0, 0.05) is 22.9 Å². The lowest BCUT2D eigenvalue weighted by molar-refractivity contribution is -0.687. The Hall–Kier alpha value is -4.20. The molecule has 40 heavy (non-hydrogen) atoms. The molecule has 3 aromatic carbocycles. The zero-order valence-electron chi connectivity index (χ0n) is 23.7. The number of benzene rings is 3. The molecule has 0 saturated heterocycles. The van der Waals surface area contributed by atoms with Gasteiger partial charge in [-0.15, -0.1) is 0 Å². The standard InChI is InChI=1S/C32H38N3O5/c1-23(2)13-17-39-31-19-29(32(40-18-14-24(3)4)28-8-6-5-7-27(28)31)30(36)21-34-16-15-33(22-34)20-25-9-11-26(12-10-25)35(37)38/h5-12,15-16,19,22-24H,13-14,17-18,20-21H2,1-4H3/q+1. The van der Waals surface area contributed by atoms with Gasteiger partial charge < -0.3 is 9.47 Å². The van der Waals surface area contributed by atoms with E-state index in [0.29, 0.717) is 48.7 Å². The van der Waals surface area contributed by atoms with E-state index < -0.39 is 4.92 Å². The first-order chi connectivity index (χ1) is 19.2. The molecule has 0 aliphatic carbocycles. The number of non-ortho nitro benzene ring substituents is 1. The quantitative estimate of drug-likeness (QED) is 0.0771. The van der Waals surface area contributed by atoms with Crippen LogP contribution in [-0.2, 0) is 13.1 Å². The summed E-state index contributed by atoms with van der Waals surface area (Å²) in [4.78, 5) is 24.3. The second-order valence-corrected chi connectivity index (χ2v) is 11.0. The fraction of sp³-hybridized carbons (Fsp3) is 0.375. The van der Waals surface area contributed by atoms with Crippen molar-refractivity contribution in [1.82, 2.24) is 4.57 Å². The molecule has 0 fully saturated rings. The van der Waals surface area contributed by atoms with Crippen LogP contribution in [0.15, 0.2) is 73.3 Å². The Morgan fingerprint density at radius 3 is 2.25 bits per heavy atom. The van der Waals surface area contributed by atoms with Crippen LogP contribution in [0.2, 0.25) is 0 Å². The van der Waals surface area contributed by atoms with Crippen LogP contribution in [0.3, 0.4) is 0 Å². The fourth-order valence-corrected chi connectivity index (χ4v) is 4.41. The van der Waals surface area contributed by atoms with E-state index in [-0.39, 0.29) is 18.0 Å². The number of imidazole rings is 1. The molecule has 8 nitrogen and oxygen atoms in total. The Morgan fingerprint density at radius 2 is 1.60 bits per heavy atom. The van der Waals surface area contributed by atoms with Crippen molar-refractivity contribution in [2.24, 2.45) is 11.8 Å². The number of ketones is 1. The van der Waals surface area contributed by atoms with Crippen LogP contribution in [-0.4, -0.2) is 28.5 Å². The number of fused-ring (bicyclic) bond motifs is 1. The molecule has 0 spiro atoms. The minimum Gasteiger partial charge on any atom is -0.493 e. The third kappa shape index (κ3) is 7.46. The Kier molecular flexibility index (Phi) is 9.53. The Labute approximate surface area is 235 Å². The van der Waals surface area contributed by atoms with Gasteiger partial charge in [-0.1, -0.05) is 52.0 Å². The van der Waals surface area contributed by atoms with Gasteiger partial charge in [-0.25, -0.2) is 9.13 Å². The number of nitro benzene ring substituents is 1.